The molecule has 0 saturated heterocycles. The van der Waals surface area contributed by atoms with Gasteiger partial charge in [0.1, 0.15) is 5.75 Å². The number of pyridine rings is 1. The lowest BCUT2D eigenvalue weighted by molar-refractivity contribution is 0.339. The fraction of sp³-hybridized carbons (Fsp3) is 0.438. The molecule has 2 aromatic rings. The predicted octanol–water partition coefficient (Wildman–Crippen LogP) is 3.38. The Bertz CT molecular complexity index is 613. The summed E-state index contributed by atoms with van der Waals surface area (Å²) in [4.78, 5) is 4.21. The first-order valence-electron chi connectivity index (χ1n) is 7.33. The molecule has 1 N–H and O–H groups in total. The molecule has 5 nitrogen and oxygen atoms in total. The Balaban J connectivity index is 2.36. The lowest BCUT2D eigenvalue weighted by Gasteiger charge is -2.12. The van der Waals surface area contributed by atoms with Crippen LogP contribution in [-0.2, 0) is 0 Å². The van der Waals surface area contributed by atoms with E-state index >= 15 is 0 Å². The third kappa shape index (κ3) is 3.48. The zero-order chi connectivity index (χ0) is 15.2. The standard InChI is InChI=1S/C16H22N4O/c1-5-7-18-16-12(4)11(3)15(19-20-16)13-8-14(21-6-2)10-17-9-13/h8-10H,5-7H2,1-4H3,(H,18,20). The Labute approximate surface area is 125 Å². The van der Waals surface area contributed by atoms with E-state index in [1.54, 1.807) is 12.4 Å². The van der Waals surface area contributed by atoms with Crippen LogP contribution in [0, 0.1) is 13.8 Å². The van der Waals surface area contributed by atoms with Crippen molar-refractivity contribution >= 4 is 5.82 Å². The molecule has 2 rings (SSSR count). The maximum Gasteiger partial charge on any atom is 0.151 e. The van der Waals surface area contributed by atoms with Gasteiger partial charge in [-0.25, -0.2) is 0 Å². The number of nitrogens with zero attached hydrogens (tertiary/aromatic N) is 3. The van der Waals surface area contributed by atoms with E-state index in [-0.39, 0.29) is 0 Å². The van der Waals surface area contributed by atoms with Crippen LogP contribution in [0.5, 0.6) is 5.75 Å². The Morgan fingerprint density at radius 3 is 2.62 bits per heavy atom. The zero-order valence-electron chi connectivity index (χ0n) is 13.1. The van der Waals surface area contributed by atoms with E-state index in [0.29, 0.717) is 6.61 Å². The highest BCUT2D eigenvalue weighted by molar-refractivity contribution is 5.66. The van der Waals surface area contributed by atoms with Crippen LogP contribution in [0.4, 0.5) is 5.82 Å². The summed E-state index contributed by atoms with van der Waals surface area (Å²) < 4.78 is 5.49. The van der Waals surface area contributed by atoms with E-state index in [0.717, 1.165) is 46.9 Å². The summed E-state index contributed by atoms with van der Waals surface area (Å²) in [7, 11) is 0. The molecule has 0 unspecified atom stereocenters. The van der Waals surface area contributed by atoms with Gasteiger partial charge in [-0.2, -0.15) is 0 Å². The van der Waals surface area contributed by atoms with E-state index in [1.165, 1.54) is 0 Å². The summed E-state index contributed by atoms with van der Waals surface area (Å²) in [6.45, 7) is 9.72. The van der Waals surface area contributed by atoms with Crippen LogP contribution in [0.25, 0.3) is 11.3 Å². The number of rotatable bonds is 6. The van der Waals surface area contributed by atoms with Crippen molar-refractivity contribution in [3.8, 4) is 17.0 Å². The SMILES string of the molecule is CCCNc1nnc(-c2cncc(OCC)c2)c(C)c1C. The minimum atomic E-state index is 0.620. The number of nitrogens with one attached hydrogen (secondary N) is 1. The summed E-state index contributed by atoms with van der Waals surface area (Å²) in [5.41, 5.74) is 4.01. The molecule has 0 aliphatic rings. The number of aromatic nitrogens is 3. The number of anilines is 1. The molecule has 2 aromatic heterocycles. The van der Waals surface area contributed by atoms with Crippen LogP contribution in [0.3, 0.4) is 0 Å². The van der Waals surface area contributed by atoms with Crippen LogP contribution in [0.1, 0.15) is 31.4 Å². The second-order valence-corrected chi connectivity index (χ2v) is 4.92. The van der Waals surface area contributed by atoms with Crippen molar-refractivity contribution in [3.05, 3.63) is 29.6 Å². The number of hydrogen-bond acceptors (Lipinski definition) is 5. The van der Waals surface area contributed by atoms with Crippen molar-refractivity contribution in [2.24, 2.45) is 0 Å². The fourth-order valence-corrected chi connectivity index (χ4v) is 2.08. The molecule has 0 radical (unpaired) electrons. The van der Waals surface area contributed by atoms with Gasteiger partial charge in [0.2, 0.25) is 0 Å². The quantitative estimate of drug-likeness (QED) is 0.882. The lowest BCUT2D eigenvalue weighted by atomic mass is 10.1. The summed E-state index contributed by atoms with van der Waals surface area (Å²) in [5, 5.41) is 12.0. The Morgan fingerprint density at radius 1 is 1.10 bits per heavy atom. The third-order valence-corrected chi connectivity index (χ3v) is 3.36. The predicted molar refractivity (Wildman–Crippen MR) is 84.7 cm³/mol. The van der Waals surface area contributed by atoms with Gasteiger partial charge in [-0.1, -0.05) is 6.92 Å². The normalized spacial score (nSPS) is 10.5. The molecule has 5 heteroatoms. The molecular weight excluding hydrogens is 264 g/mol. The van der Waals surface area contributed by atoms with E-state index in [9.17, 15) is 0 Å². The minimum Gasteiger partial charge on any atom is -0.492 e. The van der Waals surface area contributed by atoms with Crippen LogP contribution in [0.2, 0.25) is 0 Å². The summed E-state index contributed by atoms with van der Waals surface area (Å²) >= 11 is 0. The van der Waals surface area contributed by atoms with Crippen molar-refractivity contribution in [1.82, 2.24) is 15.2 Å². The van der Waals surface area contributed by atoms with Gasteiger partial charge in [0.05, 0.1) is 18.5 Å². The largest absolute Gasteiger partial charge is 0.492 e. The average molecular weight is 286 g/mol. The Kier molecular flexibility index (Phi) is 5.09. The Hall–Kier alpha value is -2.17. The van der Waals surface area contributed by atoms with E-state index in [4.69, 9.17) is 4.74 Å². The van der Waals surface area contributed by atoms with Gasteiger partial charge in [0.25, 0.3) is 0 Å². The first-order valence-corrected chi connectivity index (χ1v) is 7.33. The third-order valence-electron chi connectivity index (χ3n) is 3.36. The van der Waals surface area contributed by atoms with Gasteiger partial charge >= 0.3 is 0 Å². The van der Waals surface area contributed by atoms with Gasteiger partial charge in [-0.05, 0) is 44.4 Å². The van der Waals surface area contributed by atoms with E-state index in [2.05, 4.69) is 41.3 Å². The van der Waals surface area contributed by atoms with E-state index in [1.807, 2.05) is 13.0 Å². The minimum absolute atomic E-state index is 0.620. The highest BCUT2D eigenvalue weighted by atomic mass is 16.5. The van der Waals surface area contributed by atoms with Crippen molar-refractivity contribution in [2.45, 2.75) is 34.1 Å². The molecule has 0 aromatic carbocycles. The van der Waals surface area contributed by atoms with Crippen LogP contribution in [0.15, 0.2) is 18.5 Å². The number of hydrogen-bond donors (Lipinski definition) is 1. The second kappa shape index (κ2) is 7.02. The van der Waals surface area contributed by atoms with Gasteiger partial charge in [-0.15, -0.1) is 10.2 Å². The zero-order valence-corrected chi connectivity index (χ0v) is 13.1. The highest BCUT2D eigenvalue weighted by Crippen LogP contribution is 2.27. The molecule has 0 aliphatic carbocycles. The summed E-state index contributed by atoms with van der Waals surface area (Å²) in [5.74, 6) is 1.61. The molecule has 2 heterocycles. The van der Waals surface area contributed by atoms with Crippen molar-refractivity contribution < 1.29 is 4.74 Å². The van der Waals surface area contributed by atoms with Gasteiger partial charge in [0, 0.05) is 18.3 Å². The molecule has 112 valence electrons. The molecule has 0 aliphatic heterocycles. The maximum absolute atomic E-state index is 5.49. The lowest BCUT2D eigenvalue weighted by Crippen LogP contribution is -2.07. The van der Waals surface area contributed by atoms with Crippen molar-refractivity contribution in [1.29, 1.82) is 0 Å². The molecule has 0 atom stereocenters. The van der Waals surface area contributed by atoms with Gasteiger partial charge in [0.15, 0.2) is 5.82 Å². The van der Waals surface area contributed by atoms with Crippen molar-refractivity contribution in [3.63, 3.8) is 0 Å². The van der Waals surface area contributed by atoms with E-state index < -0.39 is 0 Å². The monoisotopic (exact) mass is 286 g/mol. The first-order chi connectivity index (χ1) is 10.2. The van der Waals surface area contributed by atoms with Gasteiger partial charge < -0.3 is 10.1 Å². The Morgan fingerprint density at radius 2 is 1.90 bits per heavy atom. The molecule has 0 fully saturated rings. The number of ether oxygens (including phenoxy) is 1. The van der Waals surface area contributed by atoms with Gasteiger partial charge in [-0.3, -0.25) is 4.98 Å². The second-order valence-electron chi connectivity index (χ2n) is 4.92. The summed E-state index contributed by atoms with van der Waals surface area (Å²) in [6.07, 6.45) is 4.56. The molecule has 0 spiro atoms. The van der Waals surface area contributed by atoms with Crippen LogP contribution in [-0.4, -0.2) is 28.3 Å². The molecule has 0 bridgehead atoms. The molecular formula is C16H22N4O. The van der Waals surface area contributed by atoms with Crippen LogP contribution >= 0.6 is 0 Å². The molecule has 0 amide bonds. The maximum atomic E-state index is 5.49. The average Bonchev–Trinajstić information content (AvgIpc) is 2.49. The topological polar surface area (TPSA) is 59.9 Å². The first kappa shape index (κ1) is 15.2. The molecule has 0 saturated carbocycles. The summed E-state index contributed by atoms with van der Waals surface area (Å²) in [6, 6.07) is 1.95. The smallest absolute Gasteiger partial charge is 0.151 e. The highest BCUT2D eigenvalue weighted by Gasteiger charge is 2.12. The van der Waals surface area contributed by atoms with Crippen molar-refractivity contribution in [2.75, 3.05) is 18.5 Å². The van der Waals surface area contributed by atoms with Crippen LogP contribution < -0.4 is 10.1 Å². The molecule has 21 heavy (non-hydrogen) atoms. The fourth-order valence-electron chi connectivity index (χ4n) is 2.08.